The van der Waals surface area contributed by atoms with Crippen molar-refractivity contribution in [3.8, 4) is 0 Å². The van der Waals surface area contributed by atoms with E-state index in [4.69, 9.17) is 17.3 Å². The molecule has 0 saturated heterocycles. The normalized spacial score (nSPS) is 20.6. The highest BCUT2D eigenvalue weighted by Gasteiger charge is 2.29. The van der Waals surface area contributed by atoms with Crippen LogP contribution >= 0.6 is 24.0 Å². The number of hydrogen-bond acceptors (Lipinski definition) is 2. The molecule has 1 amide bonds. The van der Waals surface area contributed by atoms with Gasteiger partial charge in [-0.25, -0.2) is 4.39 Å². The zero-order chi connectivity index (χ0) is 17.1. The molecule has 0 aliphatic heterocycles. The zero-order valence-electron chi connectivity index (χ0n) is 13.6. The molecule has 2 aromatic carbocycles. The molecule has 2 aromatic rings. The molecule has 1 saturated carbocycles. The Morgan fingerprint density at radius 3 is 2.44 bits per heavy atom. The highest BCUT2D eigenvalue weighted by atomic mass is 35.5. The maximum absolute atomic E-state index is 13.7. The molecule has 0 spiro atoms. The molecule has 3 unspecified atom stereocenters. The van der Waals surface area contributed by atoms with E-state index < -0.39 is 6.04 Å². The Labute approximate surface area is 158 Å². The minimum Gasteiger partial charge on any atom is -0.345 e. The summed E-state index contributed by atoms with van der Waals surface area (Å²) in [7, 11) is 0. The van der Waals surface area contributed by atoms with E-state index in [1.807, 2.05) is 12.1 Å². The number of nitrogens with one attached hydrogen (secondary N) is 1. The van der Waals surface area contributed by atoms with E-state index in [2.05, 4.69) is 5.32 Å². The first-order valence-electron chi connectivity index (χ1n) is 8.10. The van der Waals surface area contributed by atoms with Gasteiger partial charge >= 0.3 is 0 Å². The van der Waals surface area contributed by atoms with Gasteiger partial charge in [0, 0.05) is 17.0 Å². The van der Waals surface area contributed by atoms with E-state index in [1.165, 1.54) is 12.1 Å². The van der Waals surface area contributed by atoms with Crippen LogP contribution in [0.25, 0.3) is 0 Å². The predicted octanol–water partition coefficient (Wildman–Crippen LogP) is 4.23. The molecule has 1 fully saturated rings. The van der Waals surface area contributed by atoms with Gasteiger partial charge in [-0.2, -0.15) is 0 Å². The Morgan fingerprint density at radius 1 is 1.16 bits per heavy atom. The van der Waals surface area contributed by atoms with Crippen LogP contribution in [0, 0.1) is 11.7 Å². The van der Waals surface area contributed by atoms with Crippen molar-refractivity contribution in [1.29, 1.82) is 0 Å². The molecule has 1 aliphatic rings. The van der Waals surface area contributed by atoms with Crippen molar-refractivity contribution in [2.75, 3.05) is 0 Å². The van der Waals surface area contributed by atoms with Crippen molar-refractivity contribution in [3.05, 3.63) is 70.5 Å². The number of rotatable bonds is 4. The fourth-order valence-corrected chi connectivity index (χ4v) is 3.44. The highest BCUT2D eigenvalue weighted by molar-refractivity contribution is 6.30. The lowest BCUT2D eigenvalue weighted by atomic mass is 9.97. The Bertz CT molecular complexity index is 695. The second kappa shape index (κ2) is 8.65. The summed E-state index contributed by atoms with van der Waals surface area (Å²) < 4.78 is 13.7. The highest BCUT2D eigenvalue weighted by Crippen LogP contribution is 2.28. The van der Waals surface area contributed by atoms with Gasteiger partial charge in [0.2, 0.25) is 5.91 Å². The van der Waals surface area contributed by atoms with E-state index in [1.54, 1.807) is 24.3 Å². The maximum atomic E-state index is 13.7. The molecule has 3 nitrogen and oxygen atoms in total. The number of carbonyl (C=O) groups is 1. The molecule has 3 rings (SSSR count). The summed E-state index contributed by atoms with van der Waals surface area (Å²) in [5.41, 5.74) is 7.42. The van der Waals surface area contributed by atoms with Crippen molar-refractivity contribution >= 4 is 29.9 Å². The van der Waals surface area contributed by atoms with E-state index in [-0.39, 0.29) is 36.1 Å². The first kappa shape index (κ1) is 19.7. The van der Waals surface area contributed by atoms with Gasteiger partial charge in [-0.15, -0.1) is 12.4 Å². The fourth-order valence-electron chi connectivity index (χ4n) is 3.25. The Hall–Kier alpha value is -1.62. The Morgan fingerprint density at radius 2 is 1.84 bits per heavy atom. The van der Waals surface area contributed by atoms with Crippen LogP contribution in [0.2, 0.25) is 5.02 Å². The van der Waals surface area contributed by atoms with Crippen LogP contribution in [0.3, 0.4) is 0 Å². The standard InChI is InChI=1S/C19H20ClFN2O.ClH/c20-15-5-1-3-12(9-15)18(13-4-2-6-16(21)10-13)23-19(24)14-7-8-17(22)11-14;/h1-6,9-10,14,17-18H,7-8,11,22H2,(H,23,24);1H. The molecule has 3 N–H and O–H groups in total. The number of carbonyl (C=O) groups excluding carboxylic acids is 1. The molecular weight excluding hydrogens is 362 g/mol. The van der Waals surface area contributed by atoms with Gasteiger partial charge in [0.25, 0.3) is 0 Å². The van der Waals surface area contributed by atoms with Crippen molar-refractivity contribution < 1.29 is 9.18 Å². The third-order valence-electron chi connectivity index (χ3n) is 4.49. The second-order valence-electron chi connectivity index (χ2n) is 6.32. The summed E-state index contributed by atoms with van der Waals surface area (Å²) in [5, 5.41) is 3.62. The molecule has 0 bridgehead atoms. The van der Waals surface area contributed by atoms with Crippen molar-refractivity contribution in [2.45, 2.75) is 31.3 Å². The summed E-state index contributed by atoms with van der Waals surface area (Å²) in [6.07, 6.45) is 2.34. The molecule has 25 heavy (non-hydrogen) atoms. The number of nitrogens with two attached hydrogens (primary N) is 1. The average molecular weight is 383 g/mol. The Balaban J connectivity index is 0.00000225. The lowest BCUT2D eigenvalue weighted by molar-refractivity contribution is -0.125. The monoisotopic (exact) mass is 382 g/mol. The van der Waals surface area contributed by atoms with Gasteiger partial charge in [0.15, 0.2) is 0 Å². The summed E-state index contributed by atoms with van der Waals surface area (Å²) in [6.45, 7) is 0. The van der Waals surface area contributed by atoms with Crippen LogP contribution < -0.4 is 11.1 Å². The topological polar surface area (TPSA) is 55.1 Å². The minimum atomic E-state index is -0.441. The van der Waals surface area contributed by atoms with E-state index in [0.717, 1.165) is 18.4 Å². The predicted molar refractivity (Wildman–Crippen MR) is 100 cm³/mol. The van der Waals surface area contributed by atoms with Gasteiger partial charge < -0.3 is 11.1 Å². The molecule has 3 atom stereocenters. The first-order valence-corrected chi connectivity index (χ1v) is 8.47. The second-order valence-corrected chi connectivity index (χ2v) is 6.76. The van der Waals surface area contributed by atoms with Gasteiger partial charge in [-0.05, 0) is 54.7 Å². The number of benzene rings is 2. The SMILES string of the molecule is Cl.NC1CCC(C(=O)NC(c2cccc(F)c2)c2cccc(Cl)c2)C1. The number of halogens is 3. The van der Waals surface area contributed by atoms with Gasteiger partial charge in [-0.1, -0.05) is 35.9 Å². The van der Waals surface area contributed by atoms with Crippen molar-refractivity contribution in [2.24, 2.45) is 11.7 Å². The van der Waals surface area contributed by atoms with Crippen LogP contribution in [-0.4, -0.2) is 11.9 Å². The van der Waals surface area contributed by atoms with Gasteiger partial charge in [0.1, 0.15) is 5.82 Å². The van der Waals surface area contributed by atoms with E-state index >= 15 is 0 Å². The van der Waals surface area contributed by atoms with Crippen LogP contribution in [0.15, 0.2) is 48.5 Å². The summed E-state index contributed by atoms with van der Waals surface area (Å²) in [5.74, 6) is -0.468. The van der Waals surface area contributed by atoms with Crippen LogP contribution in [0.1, 0.15) is 36.4 Å². The van der Waals surface area contributed by atoms with Crippen LogP contribution in [0.4, 0.5) is 4.39 Å². The molecule has 1 aliphatic carbocycles. The minimum absolute atomic E-state index is 0. The quantitative estimate of drug-likeness (QED) is 0.830. The maximum Gasteiger partial charge on any atom is 0.223 e. The lowest BCUT2D eigenvalue weighted by Gasteiger charge is -2.22. The lowest BCUT2D eigenvalue weighted by Crippen LogP contribution is -2.34. The van der Waals surface area contributed by atoms with Crippen LogP contribution in [-0.2, 0) is 4.79 Å². The van der Waals surface area contributed by atoms with Crippen molar-refractivity contribution in [1.82, 2.24) is 5.32 Å². The smallest absolute Gasteiger partial charge is 0.223 e. The van der Waals surface area contributed by atoms with E-state index in [0.29, 0.717) is 17.0 Å². The van der Waals surface area contributed by atoms with Crippen molar-refractivity contribution in [3.63, 3.8) is 0 Å². The molecular formula is C19H21Cl2FN2O. The largest absolute Gasteiger partial charge is 0.345 e. The third kappa shape index (κ3) is 4.94. The molecule has 134 valence electrons. The number of amides is 1. The average Bonchev–Trinajstić information content (AvgIpc) is 2.99. The fraction of sp³-hybridized carbons (Fsp3) is 0.316. The zero-order valence-corrected chi connectivity index (χ0v) is 15.2. The number of hydrogen-bond donors (Lipinski definition) is 2. The molecule has 0 aromatic heterocycles. The molecule has 6 heteroatoms. The summed E-state index contributed by atoms with van der Waals surface area (Å²) in [6, 6.07) is 13.2. The summed E-state index contributed by atoms with van der Waals surface area (Å²) in [4.78, 5) is 12.6. The van der Waals surface area contributed by atoms with Gasteiger partial charge in [-0.3, -0.25) is 4.79 Å². The third-order valence-corrected chi connectivity index (χ3v) is 4.73. The van der Waals surface area contributed by atoms with E-state index in [9.17, 15) is 9.18 Å². The summed E-state index contributed by atoms with van der Waals surface area (Å²) >= 11 is 6.09. The molecule has 0 heterocycles. The van der Waals surface area contributed by atoms with Crippen LogP contribution in [0.5, 0.6) is 0 Å². The molecule has 0 radical (unpaired) electrons. The van der Waals surface area contributed by atoms with Gasteiger partial charge in [0.05, 0.1) is 6.04 Å². The first-order chi connectivity index (χ1) is 11.5. The Kier molecular flexibility index (Phi) is 6.82.